The first kappa shape index (κ1) is 14.2. The molecule has 0 spiro atoms. The predicted octanol–water partition coefficient (Wildman–Crippen LogP) is 2.62. The van der Waals surface area contributed by atoms with Gasteiger partial charge in [-0.25, -0.2) is 4.98 Å². The third-order valence-corrected chi connectivity index (χ3v) is 4.67. The SMILES string of the molecule is Cc1[nH]nc2ncc(CNC3CCc4cc(O)ccc4C3)cc12. The zero-order chi connectivity index (χ0) is 15.8. The summed E-state index contributed by atoms with van der Waals surface area (Å²) < 4.78 is 0. The van der Waals surface area contributed by atoms with E-state index in [9.17, 15) is 5.11 Å². The fourth-order valence-electron chi connectivity index (χ4n) is 3.34. The highest BCUT2D eigenvalue weighted by molar-refractivity contribution is 5.77. The second kappa shape index (κ2) is 5.66. The van der Waals surface area contributed by atoms with E-state index in [0.29, 0.717) is 11.8 Å². The molecular formula is C18H20N4O. The molecule has 0 radical (unpaired) electrons. The highest BCUT2D eigenvalue weighted by Gasteiger charge is 2.18. The van der Waals surface area contributed by atoms with Gasteiger partial charge >= 0.3 is 0 Å². The number of rotatable bonds is 3. The summed E-state index contributed by atoms with van der Waals surface area (Å²) in [7, 11) is 0. The lowest BCUT2D eigenvalue weighted by atomic mass is 9.88. The van der Waals surface area contributed by atoms with Crippen molar-refractivity contribution in [2.75, 3.05) is 0 Å². The van der Waals surface area contributed by atoms with E-state index in [-0.39, 0.29) is 0 Å². The summed E-state index contributed by atoms with van der Waals surface area (Å²) in [6, 6.07) is 8.34. The van der Waals surface area contributed by atoms with Crippen LogP contribution in [0.1, 0.15) is 28.8 Å². The highest BCUT2D eigenvalue weighted by Crippen LogP contribution is 2.25. The van der Waals surface area contributed by atoms with Gasteiger partial charge in [0.2, 0.25) is 0 Å². The summed E-state index contributed by atoms with van der Waals surface area (Å²) in [4.78, 5) is 4.40. The lowest BCUT2D eigenvalue weighted by molar-refractivity contribution is 0.450. The Balaban J connectivity index is 1.44. The Kier molecular flexibility index (Phi) is 3.50. The van der Waals surface area contributed by atoms with E-state index in [1.165, 1.54) is 16.7 Å². The van der Waals surface area contributed by atoms with Gasteiger partial charge in [-0.15, -0.1) is 0 Å². The summed E-state index contributed by atoms with van der Waals surface area (Å²) in [5.41, 5.74) is 5.63. The molecule has 0 saturated carbocycles. The fourth-order valence-corrected chi connectivity index (χ4v) is 3.34. The molecule has 3 aromatic rings. The molecule has 0 aliphatic heterocycles. The largest absolute Gasteiger partial charge is 0.508 e. The molecule has 5 heteroatoms. The van der Waals surface area contributed by atoms with E-state index < -0.39 is 0 Å². The number of aryl methyl sites for hydroxylation is 2. The standard InChI is InChI=1S/C18H20N4O/c1-11-17-6-12(10-20-18(17)22-21-11)9-19-15-4-2-14-8-16(23)5-3-13(14)7-15/h3,5-6,8,10,15,19,23H,2,4,7,9H2,1H3,(H,20,21,22). The second-order valence-corrected chi connectivity index (χ2v) is 6.34. The van der Waals surface area contributed by atoms with E-state index in [1.54, 1.807) is 6.07 Å². The molecule has 0 amide bonds. The van der Waals surface area contributed by atoms with Gasteiger partial charge in [-0.2, -0.15) is 5.10 Å². The number of phenols is 1. The van der Waals surface area contributed by atoms with Gasteiger partial charge in [-0.3, -0.25) is 5.10 Å². The van der Waals surface area contributed by atoms with Crippen molar-refractivity contribution in [3.8, 4) is 5.75 Å². The van der Waals surface area contributed by atoms with Gasteiger partial charge < -0.3 is 10.4 Å². The van der Waals surface area contributed by atoms with Crippen LogP contribution in [-0.4, -0.2) is 26.3 Å². The first-order chi connectivity index (χ1) is 11.2. The third-order valence-electron chi connectivity index (χ3n) is 4.67. The van der Waals surface area contributed by atoms with Gasteiger partial charge in [0.05, 0.1) is 0 Å². The number of hydrogen-bond acceptors (Lipinski definition) is 4. The van der Waals surface area contributed by atoms with Crippen LogP contribution < -0.4 is 5.32 Å². The van der Waals surface area contributed by atoms with Crippen molar-refractivity contribution in [1.29, 1.82) is 0 Å². The molecule has 1 aliphatic carbocycles. The molecule has 2 aromatic heterocycles. The lowest BCUT2D eigenvalue weighted by Gasteiger charge is -2.25. The van der Waals surface area contributed by atoms with Crippen molar-refractivity contribution >= 4 is 11.0 Å². The number of fused-ring (bicyclic) bond motifs is 2. The molecule has 4 rings (SSSR count). The smallest absolute Gasteiger partial charge is 0.181 e. The van der Waals surface area contributed by atoms with E-state index in [2.05, 4.69) is 26.6 Å². The molecule has 1 atom stereocenters. The van der Waals surface area contributed by atoms with Crippen molar-refractivity contribution in [1.82, 2.24) is 20.5 Å². The molecular weight excluding hydrogens is 288 g/mol. The number of aromatic amines is 1. The summed E-state index contributed by atoms with van der Waals surface area (Å²) in [6.07, 6.45) is 5.01. The third kappa shape index (κ3) is 2.80. The number of aromatic nitrogens is 3. The topological polar surface area (TPSA) is 73.8 Å². The van der Waals surface area contributed by atoms with Crippen LogP contribution >= 0.6 is 0 Å². The number of H-pyrrole nitrogens is 1. The Morgan fingerprint density at radius 3 is 3.13 bits per heavy atom. The normalized spacial score (nSPS) is 17.3. The molecule has 0 saturated heterocycles. The van der Waals surface area contributed by atoms with Gasteiger partial charge in [-0.05, 0) is 61.1 Å². The molecule has 118 valence electrons. The first-order valence-corrected chi connectivity index (χ1v) is 8.03. The van der Waals surface area contributed by atoms with Crippen molar-refractivity contribution in [3.05, 3.63) is 52.8 Å². The average molecular weight is 308 g/mol. The molecule has 2 heterocycles. The molecule has 1 unspecified atom stereocenters. The van der Waals surface area contributed by atoms with Crippen LogP contribution in [0.2, 0.25) is 0 Å². The number of phenolic OH excluding ortho intramolecular Hbond substituents is 1. The molecule has 0 bridgehead atoms. The lowest BCUT2D eigenvalue weighted by Crippen LogP contribution is -2.34. The summed E-state index contributed by atoms with van der Waals surface area (Å²) in [5, 5.41) is 21.4. The highest BCUT2D eigenvalue weighted by atomic mass is 16.3. The van der Waals surface area contributed by atoms with Crippen LogP contribution in [0.15, 0.2) is 30.5 Å². The molecule has 1 aromatic carbocycles. The van der Waals surface area contributed by atoms with Crippen LogP contribution in [0.4, 0.5) is 0 Å². The number of aromatic hydroxyl groups is 1. The average Bonchev–Trinajstić information content (AvgIpc) is 2.94. The predicted molar refractivity (Wildman–Crippen MR) is 89.4 cm³/mol. The molecule has 1 aliphatic rings. The Morgan fingerprint density at radius 1 is 1.30 bits per heavy atom. The van der Waals surface area contributed by atoms with Crippen LogP contribution in [-0.2, 0) is 19.4 Å². The number of nitrogens with zero attached hydrogens (tertiary/aromatic N) is 2. The van der Waals surface area contributed by atoms with Gasteiger partial charge in [0.15, 0.2) is 5.65 Å². The Morgan fingerprint density at radius 2 is 2.22 bits per heavy atom. The minimum absolute atomic E-state index is 0.366. The van der Waals surface area contributed by atoms with Gasteiger partial charge in [-0.1, -0.05) is 6.07 Å². The Labute approximate surface area is 134 Å². The number of nitrogens with one attached hydrogen (secondary N) is 2. The maximum atomic E-state index is 9.57. The monoisotopic (exact) mass is 308 g/mol. The van der Waals surface area contributed by atoms with Crippen LogP contribution in [0.3, 0.4) is 0 Å². The van der Waals surface area contributed by atoms with Crippen molar-refractivity contribution in [2.45, 2.75) is 38.8 Å². The van der Waals surface area contributed by atoms with Crippen molar-refractivity contribution in [3.63, 3.8) is 0 Å². The van der Waals surface area contributed by atoms with E-state index in [0.717, 1.165) is 42.5 Å². The van der Waals surface area contributed by atoms with Crippen molar-refractivity contribution < 1.29 is 5.11 Å². The maximum Gasteiger partial charge on any atom is 0.181 e. The fraction of sp³-hybridized carbons (Fsp3) is 0.333. The van der Waals surface area contributed by atoms with Gasteiger partial charge in [0.25, 0.3) is 0 Å². The Bertz CT molecular complexity index is 855. The molecule has 3 N–H and O–H groups in total. The second-order valence-electron chi connectivity index (χ2n) is 6.34. The zero-order valence-corrected chi connectivity index (χ0v) is 13.1. The van der Waals surface area contributed by atoms with Gasteiger partial charge in [0.1, 0.15) is 5.75 Å². The molecule has 5 nitrogen and oxygen atoms in total. The number of hydrogen-bond donors (Lipinski definition) is 3. The van der Waals surface area contributed by atoms with Crippen LogP contribution in [0.25, 0.3) is 11.0 Å². The minimum Gasteiger partial charge on any atom is -0.508 e. The molecule has 0 fully saturated rings. The summed E-state index contributed by atoms with van der Waals surface area (Å²) in [5.74, 6) is 0.366. The van der Waals surface area contributed by atoms with Gasteiger partial charge in [0, 0.05) is 29.9 Å². The Hall–Kier alpha value is -2.40. The van der Waals surface area contributed by atoms with Crippen LogP contribution in [0, 0.1) is 6.92 Å². The van der Waals surface area contributed by atoms with Crippen molar-refractivity contribution in [2.24, 2.45) is 0 Å². The van der Waals surface area contributed by atoms with Crippen LogP contribution in [0.5, 0.6) is 5.75 Å². The quantitative estimate of drug-likeness (QED) is 0.695. The number of pyridine rings is 1. The van der Waals surface area contributed by atoms with E-state index >= 15 is 0 Å². The van der Waals surface area contributed by atoms with E-state index in [4.69, 9.17) is 0 Å². The summed E-state index contributed by atoms with van der Waals surface area (Å²) >= 11 is 0. The maximum absolute atomic E-state index is 9.57. The molecule has 23 heavy (non-hydrogen) atoms. The first-order valence-electron chi connectivity index (χ1n) is 8.03. The zero-order valence-electron chi connectivity index (χ0n) is 13.1. The minimum atomic E-state index is 0.366. The van der Waals surface area contributed by atoms with E-state index in [1.807, 2.05) is 25.3 Å². The summed E-state index contributed by atoms with van der Waals surface area (Å²) in [6.45, 7) is 2.83. The number of benzene rings is 1.